The summed E-state index contributed by atoms with van der Waals surface area (Å²) in [6, 6.07) is 5.69. The van der Waals surface area contributed by atoms with E-state index in [0.29, 0.717) is 5.75 Å². The Bertz CT molecular complexity index is 287. The van der Waals surface area contributed by atoms with E-state index in [2.05, 4.69) is 22.6 Å². The lowest BCUT2D eigenvalue weighted by atomic mass is 10.2. The van der Waals surface area contributed by atoms with Gasteiger partial charge in [-0.1, -0.05) is 0 Å². The minimum absolute atomic E-state index is 0.281. The zero-order chi connectivity index (χ0) is 9.14. The number of halogens is 1. The molecule has 0 aliphatic carbocycles. The summed E-state index contributed by atoms with van der Waals surface area (Å²) in [5.41, 5.74) is 1.10. The van der Waals surface area contributed by atoms with Crippen LogP contribution in [0.25, 0.3) is 0 Å². The summed E-state index contributed by atoms with van der Waals surface area (Å²) in [6.45, 7) is 3.37. The second-order valence-electron chi connectivity index (χ2n) is 2.56. The predicted octanol–water partition coefficient (Wildman–Crippen LogP) is 2.52. The lowest BCUT2D eigenvalue weighted by Gasteiger charge is -2.02. The number of carbonyl (C=O) groups excluding carboxylic acids is 1. The van der Waals surface area contributed by atoms with Crippen molar-refractivity contribution >= 4 is 28.6 Å². The molecule has 0 aliphatic heterocycles. The molecule has 1 aromatic carbocycles. The normalized spacial score (nSPS) is 9.58. The number of benzene rings is 1. The van der Waals surface area contributed by atoms with E-state index < -0.39 is 0 Å². The van der Waals surface area contributed by atoms with Gasteiger partial charge >= 0.3 is 5.97 Å². The SMILES string of the molecule is CC(=O)Oc1cc(C)cc(I)c1. The zero-order valence-electron chi connectivity index (χ0n) is 6.93. The Balaban J connectivity index is 2.93. The molecule has 0 atom stereocenters. The lowest BCUT2D eigenvalue weighted by molar-refractivity contribution is -0.131. The van der Waals surface area contributed by atoms with Gasteiger partial charge in [0.25, 0.3) is 0 Å². The molecule has 0 aliphatic rings. The molecular weight excluding hydrogens is 267 g/mol. The Morgan fingerprint density at radius 3 is 2.58 bits per heavy atom. The summed E-state index contributed by atoms with van der Waals surface area (Å²) in [4.78, 5) is 10.6. The first-order valence-electron chi connectivity index (χ1n) is 3.53. The molecular formula is C9H9IO2. The first-order chi connectivity index (χ1) is 5.58. The van der Waals surface area contributed by atoms with E-state index in [9.17, 15) is 4.79 Å². The summed E-state index contributed by atoms with van der Waals surface area (Å²) in [5, 5.41) is 0. The predicted molar refractivity (Wildman–Crippen MR) is 55.2 cm³/mol. The van der Waals surface area contributed by atoms with Crippen LogP contribution in [0.3, 0.4) is 0 Å². The highest BCUT2D eigenvalue weighted by Crippen LogP contribution is 2.18. The summed E-state index contributed by atoms with van der Waals surface area (Å²) >= 11 is 2.19. The van der Waals surface area contributed by atoms with Crippen LogP contribution in [-0.2, 0) is 4.79 Å². The number of hydrogen-bond donors (Lipinski definition) is 0. The van der Waals surface area contributed by atoms with Crippen molar-refractivity contribution in [3.05, 3.63) is 27.3 Å². The van der Waals surface area contributed by atoms with E-state index in [1.165, 1.54) is 6.92 Å². The van der Waals surface area contributed by atoms with Crippen LogP contribution in [-0.4, -0.2) is 5.97 Å². The third kappa shape index (κ3) is 2.81. The standard InChI is InChI=1S/C9H9IO2/c1-6-3-8(10)5-9(4-6)12-7(2)11/h3-5H,1-2H3. The second-order valence-corrected chi connectivity index (χ2v) is 3.80. The van der Waals surface area contributed by atoms with Crippen molar-refractivity contribution in [1.29, 1.82) is 0 Å². The van der Waals surface area contributed by atoms with Crippen LogP contribution in [0.2, 0.25) is 0 Å². The molecule has 0 N–H and O–H groups in total. The molecule has 0 saturated heterocycles. The van der Waals surface area contributed by atoms with Gasteiger partial charge in [0.15, 0.2) is 0 Å². The molecule has 64 valence electrons. The molecule has 0 amide bonds. The molecule has 0 saturated carbocycles. The molecule has 12 heavy (non-hydrogen) atoms. The van der Waals surface area contributed by atoms with Gasteiger partial charge in [-0.25, -0.2) is 0 Å². The Labute approximate surface area is 85.1 Å². The molecule has 0 unspecified atom stereocenters. The van der Waals surface area contributed by atoms with Gasteiger partial charge in [-0.15, -0.1) is 0 Å². The fourth-order valence-corrected chi connectivity index (χ4v) is 1.73. The van der Waals surface area contributed by atoms with E-state index >= 15 is 0 Å². The molecule has 0 heterocycles. The average Bonchev–Trinajstić information content (AvgIpc) is 1.81. The minimum atomic E-state index is -0.281. The molecule has 1 aromatic rings. The van der Waals surface area contributed by atoms with Crippen LogP contribution < -0.4 is 4.74 Å². The zero-order valence-corrected chi connectivity index (χ0v) is 9.08. The van der Waals surface area contributed by atoms with Crippen LogP contribution in [0.1, 0.15) is 12.5 Å². The molecule has 0 bridgehead atoms. The minimum Gasteiger partial charge on any atom is -0.427 e. The maximum absolute atomic E-state index is 10.6. The highest BCUT2D eigenvalue weighted by atomic mass is 127. The van der Waals surface area contributed by atoms with Crippen molar-refractivity contribution < 1.29 is 9.53 Å². The third-order valence-corrected chi connectivity index (χ3v) is 1.90. The van der Waals surface area contributed by atoms with E-state index in [1.54, 1.807) is 0 Å². The number of aryl methyl sites for hydroxylation is 1. The van der Waals surface area contributed by atoms with Crippen LogP contribution >= 0.6 is 22.6 Å². The van der Waals surface area contributed by atoms with Crippen LogP contribution in [0, 0.1) is 10.5 Å². The molecule has 2 nitrogen and oxygen atoms in total. The number of hydrogen-bond acceptors (Lipinski definition) is 2. The Hall–Kier alpha value is -0.580. The monoisotopic (exact) mass is 276 g/mol. The lowest BCUT2D eigenvalue weighted by Crippen LogP contribution is -2.01. The summed E-state index contributed by atoms with van der Waals surface area (Å²) in [5.74, 6) is 0.336. The fraction of sp³-hybridized carbons (Fsp3) is 0.222. The Kier molecular flexibility index (Phi) is 3.08. The van der Waals surface area contributed by atoms with E-state index in [1.807, 2.05) is 25.1 Å². The molecule has 0 aromatic heterocycles. The van der Waals surface area contributed by atoms with Gasteiger partial charge in [-0.2, -0.15) is 0 Å². The summed E-state index contributed by atoms with van der Waals surface area (Å²) < 4.78 is 6.01. The molecule has 3 heteroatoms. The first-order valence-corrected chi connectivity index (χ1v) is 4.61. The summed E-state index contributed by atoms with van der Waals surface area (Å²) in [6.07, 6.45) is 0. The topological polar surface area (TPSA) is 26.3 Å². The maximum Gasteiger partial charge on any atom is 0.308 e. The van der Waals surface area contributed by atoms with Gasteiger partial charge in [0.05, 0.1) is 0 Å². The highest BCUT2D eigenvalue weighted by Gasteiger charge is 1.99. The third-order valence-electron chi connectivity index (χ3n) is 1.28. The molecule has 0 spiro atoms. The smallest absolute Gasteiger partial charge is 0.308 e. The summed E-state index contributed by atoms with van der Waals surface area (Å²) in [7, 11) is 0. The Morgan fingerprint density at radius 1 is 1.42 bits per heavy atom. The molecule has 1 rings (SSSR count). The van der Waals surface area contributed by atoms with Crippen LogP contribution in [0.15, 0.2) is 18.2 Å². The van der Waals surface area contributed by atoms with Crippen molar-refractivity contribution in [2.75, 3.05) is 0 Å². The van der Waals surface area contributed by atoms with Gasteiger partial charge in [-0.05, 0) is 53.3 Å². The fourth-order valence-electron chi connectivity index (χ4n) is 0.928. The maximum atomic E-state index is 10.6. The van der Waals surface area contributed by atoms with Crippen LogP contribution in [0.5, 0.6) is 5.75 Å². The van der Waals surface area contributed by atoms with E-state index in [4.69, 9.17) is 4.74 Å². The van der Waals surface area contributed by atoms with Crippen molar-refractivity contribution in [2.45, 2.75) is 13.8 Å². The van der Waals surface area contributed by atoms with Gasteiger partial charge in [0.2, 0.25) is 0 Å². The van der Waals surface area contributed by atoms with Gasteiger partial charge in [-0.3, -0.25) is 4.79 Å². The Morgan fingerprint density at radius 2 is 2.08 bits per heavy atom. The largest absolute Gasteiger partial charge is 0.427 e. The highest BCUT2D eigenvalue weighted by molar-refractivity contribution is 14.1. The van der Waals surface area contributed by atoms with Gasteiger partial charge < -0.3 is 4.74 Å². The second kappa shape index (κ2) is 3.89. The quantitative estimate of drug-likeness (QED) is 0.447. The van der Waals surface area contributed by atoms with E-state index in [-0.39, 0.29) is 5.97 Å². The van der Waals surface area contributed by atoms with E-state index in [0.717, 1.165) is 9.13 Å². The van der Waals surface area contributed by atoms with Gasteiger partial charge in [0.1, 0.15) is 5.75 Å². The van der Waals surface area contributed by atoms with Crippen LogP contribution in [0.4, 0.5) is 0 Å². The molecule has 0 fully saturated rings. The average molecular weight is 276 g/mol. The first kappa shape index (κ1) is 9.51. The number of carbonyl (C=O) groups is 1. The van der Waals surface area contributed by atoms with Crippen molar-refractivity contribution in [2.24, 2.45) is 0 Å². The van der Waals surface area contributed by atoms with Crippen molar-refractivity contribution in [1.82, 2.24) is 0 Å². The van der Waals surface area contributed by atoms with Crippen molar-refractivity contribution in [3.63, 3.8) is 0 Å². The number of esters is 1. The van der Waals surface area contributed by atoms with Crippen molar-refractivity contribution in [3.8, 4) is 5.75 Å². The number of rotatable bonds is 1. The number of ether oxygens (including phenoxy) is 1. The molecule has 0 radical (unpaired) electrons. The van der Waals surface area contributed by atoms with Gasteiger partial charge in [0, 0.05) is 10.5 Å².